The molecule has 2 N–H and O–H groups in total. The number of amides is 1. The molecule has 0 spiro atoms. The van der Waals surface area contributed by atoms with E-state index in [-0.39, 0.29) is 0 Å². The molecule has 0 aliphatic carbocycles. The molecule has 0 aromatic heterocycles. The molecule has 37 heavy (non-hydrogen) atoms. The van der Waals surface area contributed by atoms with Crippen molar-refractivity contribution >= 4 is 12.1 Å². The van der Waals surface area contributed by atoms with E-state index in [2.05, 4.69) is 19.2 Å². The molecule has 0 fully saturated rings. The Labute approximate surface area is 228 Å². The van der Waals surface area contributed by atoms with Crippen LogP contribution in [-0.2, 0) is 9.53 Å². The number of rotatable bonds is 27. The van der Waals surface area contributed by atoms with Crippen LogP contribution in [-0.4, -0.2) is 36.5 Å². The summed E-state index contributed by atoms with van der Waals surface area (Å²) in [5.74, 6) is -2.09. The molecule has 0 saturated carbocycles. The predicted molar refractivity (Wildman–Crippen MR) is 153 cm³/mol. The van der Waals surface area contributed by atoms with E-state index in [1.807, 2.05) is 0 Å². The molecule has 0 aromatic rings. The number of hydrogen-bond donors (Lipinski definition) is 2. The van der Waals surface area contributed by atoms with E-state index < -0.39 is 30.1 Å². The van der Waals surface area contributed by atoms with Gasteiger partial charge in [0.25, 0.3) is 0 Å². The lowest BCUT2D eigenvalue weighted by atomic mass is 9.84. The maximum Gasteiger partial charge on any atom is 0.407 e. The molecule has 5 nitrogen and oxygen atoms in total. The van der Waals surface area contributed by atoms with Crippen LogP contribution in [0.25, 0.3) is 0 Å². The van der Waals surface area contributed by atoms with Crippen LogP contribution >= 0.6 is 0 Å². The first-order valence-electron chi connectivity index (χ1n) is 15.7. The Balaban J connectivity index is 3.61. The molecule has 6 heteroatoms. The summed E-state index contributed by atoms with van der Waals surface area (Å²) < 4.78 is 19.6. The number of alkyl halides is 1. The van der Waals surface area contributed by atoms with Gasteiger partial charge in [-0.25, -0.2) is 9.18 Å². The van der Waals surface area contributed by atoms with E-state index in [9.17, 15) is 19.1 Å². The molecular weight excluding hydrogens is 469 g/mol. The van der Waals surface area contributed by atoms with Crippen molar-refractivity contribution in [1.29, 1.82) is 0 Å². The van der Waals surface area contributed by atoms with Crippen LogP contribution < -0.4 is 5.32 Å². The second-order valence-corrected chi connectivity index (χ2v) is 11.0. The van der Waals surface area contributed by atoms with Crippen LogP contribution in [0.4, 0.5) is 9.18 Å². The molecule has 0 saturated heterocycles. The summed E-state index contributed by atoms with van der Waals surface area (Å²) >= 11 is 0. The minimum Gasteiger partial charge on any atom is -0.481 e. The van der Waals surface area contributed by atoms with Crippen molar-refractivity contribution in [2.75, 3.05) is 13.2 Å². The monoisotopic (exact) mass is 529 g/mol. The highest BCUT2D eigenvalue weighted by Gasteiger charge is 2.30. The van der Waals surface area contributed by atoms with Crippen LogP contribution in [0.3, 0.4) is 0 Å². The third kappa shape index (κ3) is 22.4. The molecule has 220 valence electrons. The summed E-state index contributed by atoms with van der Waals surface area (Å²) in [5, 5.41) is 12.3. The van der Waals surface area contributed by atoms with Gasteiger partial charge in [0.2, 0.25) is 0 Å². The molecule has 3 atom stereocenters. The van der Waals surface area contributed by atoms with Crippen molar-refractivity contribution in [3.63, 3.8) is 0 Å². The number of ether oxygens (including phenoxy) is 1. The number of unbranched alkanes of at least 4 members (excludes halogenated alkanes) is 16. The van der Waals surface area contributed by atoms with Crippen molar-refractivity contribution in [1.82, 2.24) is 5.32 Å². The Kier molecular flexibility index (Phi) is 25.3. The van der Waals surface area contributed by atoms with E-state index in [1.54, 1.807) is 6.92 Å². The highest BCUT2D eigenvalue weighted by atomic mass is 19.1. The van der Waals surface area contributed by atoms with Gasteiger partial charge >= 0.3 is 12.1 Å². The lowest BCUT2D eigenvalue weighted by Gasteiger charge is -2.23. The third-order valence-electron chi connectivity index (χ3n) is 7.55. The number of carboxylic acids is 1. The van der Waals surface area contributed by atoms with Gasteiger partial charge in [0.05, 0.1) is 12.5 Å². The predicted octanol–water partition coefficient (Wildman–Crippen LogP) is 9.62. The minimum atomic E-state index is -1.07. The number of aliphatic carboxylic acids is 1. The average molecular weight is 530 g/mol. The molecule has 0 aromatic carbocycles. The van der Waals surface area contributed by atoms with Gasteiger partial charge in [-0.2, -0.15) is 0 Å². The largest absolute Gasteiger partial charge is 0.481 e. The van der Waals surface area contributed by atoms with Gasteiger partial charge in [-0.1, -0.05) is 130 Å². The maximum atomic E-state index is 14.4. The third-order valence-corrected chi connectivity index (χ3v) is 7.55. The average Bonchev–Trinajstić information content (AvgIpc) is 2.87. The molecule has 0 radical (unpaired) electrons. The molecule has 0 aliphatic rings. The van der Waals surface area contributed by atoms with Crippen molar-refractivity contribution in [2.45, 2.75) is 162 Å². The standard InChI is InChI=1S/C31H60FNO4/c1-4-6-8-9-10-11-12-13-14-15-16-17-18-22-26-37-31(36)33-25-21-20-23-28(30(34)35)27(3)29(32)24-19-7-5-2/h27-29H,4-26H2,1-3H3,(H,33,36)(H,34,35). The molecule has 0 aliphatic heterocycles. The highest BCUT2D eigenvalue weighted by molar-refractivity contribution is 5.70. The van der Waals surface area contributed by atoms with Crippen molar-refractivity contribution in [3.8, 4) is 0 Å². The first kappa shape index (κ1) is 35.7. The molecule has 0 heterocycles. The van der Waals surface area contributed by atoms with Crippen LogP contribution in [0.1, 0.15) is 156 Å². The van der Waals surface area contributed by atoms with E-state index in [0.717, 1.165) is 32.1 Å². The summed E-state index contributed by atoms with van der Waals surface area (Å²) in [6.45, 7) is 6.94. The Morgan fingerprint density at radius 3 is 1.68 bits per heavy atom. The van der Waals surface area contributed by atoms with Crippen LogP contribution in [0, 0.1) is 11.8 Å². The van der Waals surface area contributed by atoms with E-state index in [0.29, 0.717) is 38.8 Å². The van der Waals surface area contributed by atoms with Gasteiger partial charge in [0.15, 0.2) is 0 Å². The van der Waals surface area contributed by atoms with Crippen LogP contribution in [0.5, 0.6) is 0 Å². The van der Waals surface area contributed by atoms with Crippen molar-refractivity contribution < 1.29 is 23.8 Å². The number of nitrogens with one attached hydrogen (secondary N) is 1. The second-order valence-electron chi connectivity index (χ2n) is 11.0. The zero-order valence-electron chi connectivity index (χ0n) is 24.5. The Morgan fingerprint density at radius 2 is 1.16 bits per heavy atom. The molecular formula is C31H60FNO4. The van der Waals surface area contributed by atoms with Crippen molar-refractivity contribution in [2.24, 2.45) is 11.8 Å². The van der Waals surface area contributed by atoms with Gasteiger partial charge in [-0.15, -0.1) is 0 Å². The van der Waals surface area contributed by atoms with Crippen LogP contribution in [0.2, 0.25) is 0 Å². The highest BCUT2D eigenvalue weighted by Crippen LogP contribution is 2.27. The number of carbonyl (C=O) groups excluding carboxylic acids is 1. The second kappa shape index (κ2) is 26.3. The van der Waals surface area contributed by atoms with Gasteiger partial charge in [-0.3, -0.25) is 4.79 Å². The molecule has 0 bridgehead atoms. The molecule has 0 rings (SSSR count). The number of carbonyl (C=O) groups is 2. The van der Waals surface area contributed by atoms with E-state index in [1.165, 1.54) is 77.0 Å². The normalized spacial score (nSPS) is 13.7. The Morgan fingerprint density at radius 1 is 0.703 bits per heavy atom. The number of alkyl carbamates (subject to hydrolysis) is 1. The first-order chi connectivity index (χ1) is 17.9. The lowest BCUT2D eigenvalue weighted by molar-refractivity contribution is -0.144. The summed E-state index contributed by atoms with van der Waals surface area (Å²) in [5.41, 5.74) is 0. The Hall–Kier alpha value is -1.33. The number of carboxylic acid groups (broad SMARTS) is 1. The summed E-state index contributed by atoms with van der Waals surface area (Å²) in [4.78, 5) is 23.4. The fourth-order valence-corrected chi connectivity index (χ4v) is 4.91. The quantitative estimate of drug-likeness (QED) is 0.104. The number of hydrogen-bond acceptors (Lipinski definition) is 3. The summed E-state index contributed by atoms with van der Waals surface area (Å²) in [7, 11) is 0. The summed E-state index contributed by atoms with van der Waals surface area (Å²) in [6.07, 6.45) is 21.6. The molecule has 1 amide bonds. The SMILES string of the molecule is CCCCCCCCCCCCCCCCOC(=O)NCCCCC(C(=O)O)C(C)C(F)CCCCC. The van der Waals surface area contributed by atoms with Crippen molar-refractivity contribution in [3.05, 3.63) is 0 Å². The first-order valence-corrected chi connectivity index (χ1v) is 15.7. The van der Waals surface area contributed by atoms with Gasteiger partial charge < -0.3 is 15.2 Å². The van der Waals surface area contributed by atoms with Gasteiger partial charge in [0, 0.05) is 12.5 Å². The zero-order valence-corrected chi connectivity index (χ0v) is 24.5. The van der Waals surface area contributed by atoms with Gasteiger partial charge in [0.1, 0.15) is 6.17 Å². The van der Waals surface area contributed by atoms with E-state index >= 15 is 0 Å². The fraction of sp³-hybridized carbons (Fsp3) is 0.935. The minimum absolute atomic E-state index is 0.405. The van der Waals surface area contributed by atoms with Crippen LogP contribution in [0.15, 0.2) is 0 Å². The molecule has 3 unspecified atom stereocenters. The Bertz CT molecular complexity index is 531. The summed E-state index contributed by atoms with van der Waals surface area (Å²) in [6, 6.07) is 0. The number of halogens is 1. The smallest absolute Gasteiger partial charge is 0.407 e. The maximum absolute atomic E-state index is 14.4. The van der Waals surface area contributed by atoms with E-state index in [4.69, 9.17) is 4.74 Å². The topological polar surface area (TPSA) is 75.6 Å². The van der Waals surface area contributed by atoms with Gasteiger partial charge in [-0.05, 0) is 25.7 Å². The fourth-order valence-electron chi connectivity index (χ4n) is 4.91. The lowest BCUT2D eigenvalue weighted by Crippen LogP contribution is -2.29. The zero-order chi connectivity index (χ0) is 27.6.